The van der Waals surface area contributed by atoms with Gasteiger partial charge in [-0.15, -0.1) is 0 Å². The van der Waals surface area contributed by atoms with Crippen molar-refractivity contribution in [2.24, 2.45) is 0 Å². The maximum atomic E-state index is 9.66. The molecule has 0 radical (unpaired) electrons. The van der Waals surface area contributed by atoms with Gasteiger partial charge >= 0.3 is 26.2 Å². The van der Waals surface area contributed by atoms with Gasteiger partial charge in [-0.05, 0) is 60.8 Å². The molecule has 4 aromatic rings. The van der Waals surface area contributed by atoms with E-state index in [4.69, 9.17) is 0 Å². The Morgan fingerprint density at radius 1 is 0.459 bits per heavy atom. The zero-order valence-corrected chi connectivity index (χ0v) is 24.5. The molecule has 4 aromatic carbocycles. The molecular formula is C34H42O2Zr. The van der Waals surface area contributed by atoms with Crippen molar-refractivity contribution in [3.05, 3.63) is 120 Å². The van der Waals surface area contributed by atoms with Gasteiger partial charge in [0.2, 0.25) is 0 Å². The number of rotatable bonds is 2. The number of para-hydroxylation sites is 2. The Labute approximate surface area is 243 Å². The fourth-order valence-corrected chi connectivity index (χ4v) is 5.13. The Bertz CT molecular complexity index is 907. The number of aromatic hydroxyl groups is 2. The van der Waals surface area contributed by atoms with Crippen molar-refractivity contribution in [1.29, 1.82) is 0 Å². The summed E-state index contributed by atoms with van der Waals surface area (Å²) in [4.78, 5) is 0. The van der Waals surface area contributed by atoms with Crippen LogP contribution in [-0.4, -0.2) is 10.2 Å². The van der Waals surface area contributed by atoms with E-state index in [9.17, 15) is 10.2 Å². The van der Waals surface area contributed by atoms with Crippen LogP contribution in [-0.2, 0) is 26.2 Å². The smallest absolute Gasteiger partial charge is 0.508 e. The Hall–Kier alpha value is -2.38. The summed E-state index contributed by atoms with van der Waals surface area (Å²) in [6.07, 6.45) is 13.0. The van der Waals surface area contributed by atoms with Crippen LogP contribution in [0.1, 0.15) is 87.2 Å². The van der Waals surface area contributed by atoms with Crippen LogP contribution in [0.15, 0.2) is 109 Å². The molecule has 2 fully saturated rings. The minimum Gasteiger partial charge on any atom is -0.508 e. The Balaban J connectivity index is 0.000000187. The number of phenolic OH excluding ortho intramolecular Hbond substituents is 2. The van der Waals surface area contributed by atoms with E-state index < -0.39 is 0 Å². The molecule has 0 amide bonds. The van der Waals surface area contributed by atoms with Gasteiger partial charge < -0.3 is 10.2 Å². The summed E-state index contributed by atoms with van der Waals surface area (Å²) in [5, 5.41) is 19.3. The van der Waals surface area contributed by atoms with Crippen molar-refractivity contribution in [2.45, 2.75) is 76.0 Å². The van der Waals surface area contributed by atoms with E-state index >= 15 is 0 Å². The second-order valence-corrected chi connectivity index (χ2v) is 9.71. The van der Waals surface area contributed by atoms with Crippen LogP contribution in [0, 0.1) is 0 Å². The van der Waals surface area contributed by atoms with Gasteiger partial charge in [0.15, 0.2) is 0 Å². The standard InChI is InChI=1S/2C12H16O.2C5H5.Zr/c2*13-12-9-5-4-8-11(12)10-6-2-1-3-7-10;2*1-2-4-5-3-1;/h2*4-5,8-10,13H,1-3,6-7H2;2*1-5H;/q;;2*-1;+2. The molecule has 0 bridgehead atoms. The van der Waals surface area contributed by atoms with Gasteiger partial charge in [0.05, 0.1) is 0 Å². The van der Waals surface area contributed by atoms with Crippen molar-refractivity contribution in [2.75, 3.05) is 0 Å². The van der Waals surface area contributed by atoms with Gasteiger partial charge in [-0.25, -0.2) is 24.3 Å². The maximum Gasteiger partial charge on any atom is 2.00 e. The monoisotopic (exact) mass is 572 g/mol. The summed E-state index contributed by atoms with van der Waals surface area (Å²) in [7, 11) is 0. The van der Waals surface area contributed by atoms with Gasteiger partial charge in [0.1, 0.15) is 11.5 Å². The third kappa shape index (κ3) is 11.7. The molecule has 2 aliphatic rings. The quantitative estimate of drug-likeness (QED) is 0.234. The first-order valence-corrected chi connectivity index (χ1v) is 13.6. The van der Waals surface area contributed by atoms with Crippen LogP contribution in [0.4, 0.5) is 0 Å². The fourth-order valence-electron chi connectivity index (χ4n) is 5.13. The number of benzene rings is 2. The van der Waals surface area contributed by atoms with Gasteiger partial charge in [-0.2, -0.15) is 36.4 Å². The van der Waals surface area contributed by atoms with Crippen LogP contribution in [0.5, 0.6) is 11.5 Å². The molecule has 2 saturated carbocycles. The van der Waals surface area contributed by atoms with E-state index in [0.717, 1.165) is 11.1 Å². The van der Waals surface area contributed by atoms with Crippen LogP contribution in [0.3, 0.4) is 0 Å². The number of hydrogen-bond acceptors (Lipinski definition) is 2. The first kappa shape index (κ1) is 30.8. The molecule has 0 spiro atoms. The largest absolute Gasteiger partial charge is 2.00 e. The van der Waals surface area contributed by atoms with Crippen LogP contribution in [0.25, 0.3) is 0 Å². The topological polar surface area (TPSA) is 40.5 Å². The van der Waals surface area contributed by atoms with Crippen molar-refractivity contribution in [3.8, 4) is 11.5 Å². The molecule has 0 heterocycles. The molecular weight excluding hydrogens is 532 g/mol. The van der Waals surface area contributed by atoms with Crippen molar-refractivity contribution in [3.63, 3.8) is 0 Å². The molecule has 194 valence electrons. The van der Waals surface area contributed by atoms with Gasteiger partial charge in [0.25, 0.3) is 0 Å². The molecule has 3 heteroatoms. The number of hydrogen-bond donors (Lipinski definition) is 2. The van der Waals surface area contributed by atoms with E-state index in [1.807, 2.05) is 84.9 Å². The molecule has 0 unspecified atom stereocenters. The molecule has 0 atom stereocenters. The summed E-state index contributed by atoms with van der Waals surface area (Å²) < 4.78 is 0. The summed E-state index contributed by atoms with van der Waals surface area (Å²) >= 11 is 0. The number of phenols is 2. The Morgan fingerprint density at radius 3 is 1.05 bits per heavy atom. The zero-order valence-electron chi connectivity index (χ0n) is 22.0. The average molecular weight is 574 g/mol. The predicted molar refractivity (Wildman–Crippen MR) is 152 cm³/mol. The molecule has 2 nitrogen and oxygen atoms in total. The van der Waals surface area contributed by atoms with E-state index in [1.54, 1.807) is 12.1 Å². The summed E-state index contributed by atoms with van der Waals surface area (Å²) in [6.45, 7) is 0. The Morgan fingerprint density at radius 2 is 0.784 bits per heavy atom. The second kappa shape index (κ2) is 18.8. The minimum absolute atomic E-state index is 0. The van der Waals surface area contributed by atoms with Gasteiger partial charge in [0, 0.05) is 0 Å². The average Bonchev–Trinajstić information content (AvgIpc) is 3.71. The third-order valence-electron chi connectivity index (χ3n) is 7.07. The van der Waals surface area contributed by atoms with E-state index in [1.165, 1.54) is 64.2 Å². The van der Waals surface area contributed by atoms with Gasteiger partial charge in [-0.1, -0.05) is 74.9 Å². The minimum atomic E-state index is 0. The summed E-state index contributed by atoms with van der Waals surface area (Å²) in [5.74, 6) is 2.17. The van der Waals surface area contributed by atoms with Crippen LogP contribution in [0.2, 0.25) is 0 Å². The first-order valence-electron chi connectivity index (χ1n) is 13.6. The predicted octanol–water partition coefficient (Wildman–Crippen LogP) is 9.69. The SMILES string of the molecule is Oc1ccccc1C1CCCCC1.Oc1ccccc1C1CCCCC1.[Zr+2].c1cc[cH-]c1.c1cc[cH-]c1. The summed E-state index contributed by atoms with van der Waals surface area (Å²) in [5.41, 5.74) is 2.31. The molecule has 0 saturated heterocycles. The molecule has 0 aliphatic heterocycles. The van der Waals surface area contributed by atoms with Crippen molar-refractivity contribution >= 4 is 0 Å². The maximum absolute atomic E-state index is 9.66. The molecule has 2 aliphatic carbocycles. The zero-order chi connectivity index (χ0) is 25.3. The van der Waals surface area contributed by atoms with E-state index in [-0.39, 0.29) is 26.2 Å². The fraction of sp³-hybridized carbons (Fsp3) is 0.353. The third-order valence-corrected chi connectivity index (χ3v) is 7.07. The normalized spacial score (nSPS) is 15.4. The molecule has 6 rings (SSSR count). The van der Waals surface area contributed by atoms with E-state index in [2.05, 4.69) is 12.1 Å². The molecule has 37 heavy (non-hydrogen) atoms. The second-order valence-electron chi connectivity index (χ2n) is 9.71. The van der Waals surface area contributed by atoms with Crippen LogP contribution < -0.4 is 0 Å². The molecule has 0 aromatic heterocycles. The molecule has 2 N–H and O–H groups in total. The van der Waals surface area contributed by atoms with Gasteiger partial charge in [-0.3, -0.25) is 0 Å². The van der Waals surface area contributed by atoms with Crippen molar-refractivity contribution < 1.29 is 36.4 Å². The van der Waals surface area contributed by atoms with E-state index in [0.29, 0.717) is 23.3 Å². The first-order chi connectivity index (χ1) is 17.8. The van der Waals surface area contributed by atoms with Crippen molar-refractivity contribution in [1.82, 2.24) is 0 Å². The summed E-state index contributed by atoms with van der Waals surface area (Å²) in [6, 6.07) is 35.5. The van der Waals surface area contributed by atoms with Crippen LogP contribution >= 0.6 is 0 Å². The Kier molecular flexibility index (Phi) is 15.7.